The zero-order chi connectivity index (χ0) is 22.1. The van der Waals surface area contributed by atoms with Gasteiger partial charge in [-0.25, -0.2) is 0 Å². The minimum atomic E-state index is -0.580. The number of carbonyl (C=O) groups excluding carboxylic acids is 2. The molecule has 0 fully saturated rings. The van der Waals surface area contributed by atoms with Crippen LogP contribution in [0.1, 0.15) is 42.3 Å². The molecule has 0 spiro atoms. The van der Waals surface area contributed by atoms with Crippen LogP contribution < -0.4 is 5.32 Å². The Morgan fingerprint density at radius 1 is 1.10 bits per heavy atom. The van der Waals surface area contributed by atoms with Gasteiger partial charge in [-0.1, -0.05) is 18.2 Å². The highest BCUT2D eigenvalue weighted by Gasteiger charge is 2.26. The lowest BCUT2D eigenvalue weighted by atomic mass is 10.0. The number of hydrogen-bond acceptors (Lipinski definition) is 5. The lowest BCUT2D eigenvalue weighted by molar-refractivity contribution is -0.385. The summed E-state index contributed by atoms with van der Waals surface area (Å²) in [6.07, 6.45) is 0.839. The summed E-state index contributed by atoms with van der Waals surface area (Å²) in [5.74, 6) is -0.670. The zero-order valence-electron chi connectivity index (χ0n) is 17.2. The summed E-state index contributed by atoms with van der Waals surface area (Å²) in [7, 11) is 0. The van der Waals surface area contributed by atoms with Gasteiger partial charge in [-0.15, -0.1) is 11.3 Å². The molecule has 1 N–H and O–H groups in total. The number of carbonyl (C=O) groups is 2. The first-order chi connectivity index (χ1) is 14.9. The van der Waals surface area contributed by atoms with Crippen molar-refractivity contribution < 1.29 is 14.5 Å². The molecular formula is C23H21N3O4S. The van der Waals surface area contributed by atoms with E-state index < -0.39 is 10.8 Å². The maximum atomic E-state index is 13.2. The second-order valence-electron chi connectivity index (χ2n) is 7.51. The van der Waals surface area contributed by atoms with Crippen molar-refractivity contribution in [2.75, 3.05) is 11.9 Å². The lowest BCUT2D eigenvalue weighted by Gasteiger charge is -2.28. The molecule has 0 atom stereocenters. The van der Waals surface area contributed by atoms with Crippen LogP contribution in [0, 0.1) is 24.0 Å². The first kappa shape index (κ1) is 20.7. The third-order valence-corrected chi connectivity index (χ3v) is 6.60. The van der Waals surface area contributed by atoms with Gasteiger partial charge in [0.05, 0.1) is 4.92 Å². The molecule has 0 bridgehead atoms. The number of fused-ring (bicyclic) bond motifs is 1. The summed E-state index contributed by atoms with van der Waals surface area (Å²) in [5, 5.41) is 16.2. The van der Waals surface area contributed by atoms with E-state index in [-0.39, 0.29) is 17.2 Å². The molecule has 0 radical (unpaired) electrons. The summed E-state index contributed by atoms with van der Waals surface area (Å²) >= 11 is 1.72. The minimum absolute atomic E-state index is 0.0119. The quantitative estimate of drug-likeness (QED) is 0.474. The Morgan fingerprint density at radius 3 is 2.61 bits per heavy atom. The highest BCUT2D eigenvalue weighted by Crippen LogP contribution is 2.28. The number of hydrogen-bond donors (Lipinski definition) is 1. The SMILES string of the molecule is Cc1cccc(C(=O)Nc2cccc(C(=O)N3CCc4sccc4C3)c2C)c1[N+](=O)[O-]. The van der Waals surface area contributed by atoms with E-state index in [1.165, 1.54) is 16.5 Å². The first-order valence-electron chi connectivity index (χ1n) is 9.86. The molecule has 1 aromatic heterocycles. The molecule has 0 saturated carbocycles. The number of nitro benzene ring substituents is 1. The number of anilines is 1. The zero-order valence-corrected chi connectivity index (χ0v) is 18.0. The van der Waals surface area contributed by atoms with Crippen LogP contribution in [0.5, 0.6) is 0 Å². The predicted molar refractivity (Wildman–Crippen MR) is 120 cm³/mol. The number of nitrogens with one attached hydrogen (secondary N) is 1. The van der Waals surface area contributed by atoms with Crippen LogP contribution in [0.3, 0.4) is 0 Å². The van der Waals surface area contributed by atoms with E-state index in [0.717, 1.165) is 6.42 Å². The number of para-hydroxylation sites is 1. The fourth-order valence-corrected chi connectivity index (χ4v) is 4.76. The van der Waals surface area contributed by atoms with Crippen LogP contribution in [-0.4, -0.2) is 28.2 Å². The third kappa shape index (κ3) is 3.94. The maximum Gasteiger partial charge on any atom is 0.285 e. The maximum absolute atomic E-state index is 13.2. The Labute approximate surface area is 183 Å². The van der Waals surface area contributed by atoms with Gasteiger partial charge in [-0.05, 0) is 61.0 Å². The van der Waals surface area contributed by atoms with E-state index in [1.807, 2.05) is 10.3 Å². The molecule has 31 heavy (non-hydrogen) atoms. The van der Waals surface area contributed by atoms with Gasteiger partial charge < -0.3 is 10.2 Å². The molecule has 2 amide bonds. The number of thiophene rings is 1. The average Bonchev–Trinajstić information content (AvgIpc) is 3.22. The van der Waals surface area contributed by atoms with Crippen molar-refractivity contribution in [1.82, 2.24) is 4.90 Å². The van der Waals surface area contributed by atoms with Crippen LogP contribution in [0.2, 0.25) is 0 Å². The van der Waals surface area contributed by atoms with E-state index in [4.69, 9.17) is 0 Å². The third-order valence-electron chi connectivity index (χ3n) is 5.57. The van der Waals surface area contributed by atoms with Crippen molar-refractivity contribution >= 4 is 34.5 Å². The summed E-state index contributed by atoms with van der Waals surface area (Å²) in [6, 6.07) is 11.8. The van der Waals surface area contributed by atoms with Crippen molar-refractivity contribution in [3.63, 3.8) is 0 Å². The Balaban J connectivity index is 1.59. The molecule has 1 aliphatic heterocycles. The summed E-state index contributed by atoms with van der Waals surface area (Å²) in [6.45, 7) is 4.59. The highest BCUT2D eigenvalue weighted by atomic mass is 32.1. The monoisotopic (exact) mass is 435 g/mol. The fraction of sp³-hybridized carbons (Fsp3) is 0.217. The molecule has 8 heteroatoms. The number of nitrogens with zero attached hydrogens (tertiary/aromatic N) is 2. The number of benzene rings is 2. The predicted octanol–water partition coefficient (Wildman–Crippen LogP) is 4.72. The Hall–Kier alpha value is -3.52. The molecule has 2 heterocycles. The van der Waals surface area contributed by atoms with Gasteiger partial charge in [0.15, 0.2) is 0 Å². The van der Waals surface area contributed by atoms with E-state index in [0.29, 0.717) is 35.5 Å². The minimum Gasteiger partial charge on any atom is -0.334 e. The first-order valence-corrected chi connectivity index (χ1v) is 10.7. The summed E-state index contributed by atoms with van der Waals surface area (Å²) < 4.78 is 0. The second-order valence-corrected chi connectivity index (χ2v) is 8.51. The Morgan fingerprint density at radius 2 is 1.84 bits per heavy atom. The molecule has 4 rings (SSSR count). The van der Waals surface area contributed by atoms with Crippen molar-refractivity contribution in [3.8, 4) is 0 Å². The van der Waals surface area contributed by atoms with Gasteiger partial charge in [0.25, 0.3) is 17.5 Å². The normalized spacial score (nSPS) is 12.9. The van der Waals surface area contributed by atoms with Gasteiger partial charge >= 0.3 is 0 Å². The van der Waals surface area contributed by atoms with Crippen molar-refractivity contribution in [2.24, 2.45) is 0 Å². The second kappa shape index (κ2) is 8.31. The van der Waals surface area contributed by atoms with E-state index in [2.05, 4.69) is 11.4 Å². The topological polar surface area (TPSA) is 92.6 Å². The van der Waals surface area contributed by atoms with Crippen molar-refractivity contribution in [1.29, 1.82) is 0 Å². The van der Waals surface area contributed by atoms with E-state index in [9.17, 15) is 19.7 Å². The number of aryl methyl sites for hydroxylation is 1. The van der Waals surface area contributed by atoms with Crippen LogP contribution in [0.15, 0.2) is 47.8 Å². The van der Waals surface area contributed by atoms with Crippen molar-refractivity contribution in [3.05, 3.63) is 90.7 Å². The van der Waals surface area contributed by atoms with E-state index in [1.54, 1.807) is 55.5 Å². The fourth-order valence-electron chi connectivity index (χ4n) is 3.87. The molecular weight excluding hydrogens is 414 g/mol. The largest absolute Gasteiger partial charge is 0.334 e. The Bertz CT molecular complexity index is 1200. The number of amides is 2. The van der Waals surface area contributed by atoms with Gasteiger partial charge in [0.2, 0.25) is 0 Å². The Kier molecular flexibility index (Phi) is 5.56. The molecule has 0 unspecified atom stereocenters. The van der Waals surface area contributed by atoms with Gasteiger partial charge in [0, 0.05) is 34.8 Å². The molecule has 7 nitrogen and oxygen atoms in total. The summed E-state index contributed by atoms with van der Waals surface area (Å²) in [5.41, 5.74) is 2.96. The lowest BCUT2D eigenvalue weighted by Crippen LogP contribution is -2.35. The molecule has 0 aliphatic carbocycles. The standard InChI is InChI=1S/C23H21N3O4S/c1-14-5-3-7-18(21(14)26(29)30)22(27)24-19-8-4-6-17(15(19)2)23(28)25-11-9-20-16(13-25)10-12-31-20/h3-8,10,12H,9,11,13H2,1-2H3,(H,24,27). The number of nitro groups is 1. The smallest absolute Gasteiger partial charge is 0.285 e. The molecule has 3 aromatic rings. The average molecular weight is 436 g/mol. The van der Waals surface area contributed by atoms with Gasteiger partial charge in [-0.2, -0.15) is 0 Å². The molecule has 0 saturated heterocycles. The summed E-state index contributed by atoms with van der Waals surface area (Å²) in [4.78, 5) is 40.0. The van der Waals surface area contributed by atoms with Crippen molar-refractivity contribution in [2.45, 2.75) is 26.8 Å². The molecule has 2 aromatic carbocycles. The molecule has 1 aliphatic rings. The molecule has 158 valence electrons. The highest BCUT2D eigenvalue weighted by molar-refractivity contribution is 7.10. The van der Waals surface area contributed by atoms with Crippen LogP contribution in [0.4, 0.5) is 11.4 Å². The van der Waals surface area contributed by atoms with Crippen LogP contribution in [-0.2, 0) is 13.0 Å². The van der Waals surface area contributed by atoms with Crippen LogP contribution in [0.25, 0.3) is 0 Å². The van der Waals surface area contributed by atoms with Crippen LogP contribution >= 0.6 is 11.3 Å². The number of rotatable bonds is 4. The van der Waals surface area contributed by atoms with Gasteiger partial charge in [0.1, 0.15) is 5.56 Å². The van der Waals surface area contributed by atoms with E-state index >= 15 is 0 Å². The van der Waals surface area contributed by atoms with Gasteiger partial charge in [-0.3, -0.25) is 19.7 Å².